The summed E-state index contributed by atoms with van der Waals surface area (Å²) in [6.45, 7) is 1.41. The average Bonchev–Trinajstić information content (AvgIpc) is 2.21. The highest BCUT2D eigenvalue weighted by Gasteiger charge is 2.22. The average molecular weight is 196 g/mol. The molecule has 0 spiro atoms. The Bertz CT molecular complexity index is 298. The van der Waals surface area contributed by atoms with Crippen molar-refractivity contribution in [3.63, 3.8) is 0 Å². The lowest BCUT2D eigenvalue weighted by molar-refractivity contribution is 0.147. The van der Waals surface area contributed by atoms with E-state index in [1.807, 2.05) is 12.1 Å². The van der Waals surface area contributed by atoms with E-state index < -0.39 is 5.54 Å². The summed E-state index contributed by atoms with van der Waals surface area (Å²) < 4.78 is 0. The number of aliphatic hydroxyl groups excluding tert-OH is 2. The predicted octanol–water partition coefficient (Wildman–Crippen LogP) is 0.424. The summed E-state index contributed by atoms with van der Waals surface area (Å²) in [7, 11) is 0. The van der Waals surface area contributed by atoms with Gasteiger partial charge in [-0.15, -0.1) is 0 Å². The Morgan fingerprint density at radius 1 is 1.29 bits per heavy atom. The van der Waals surface area contributed by atoms with Gasteiger partial charge in [0.2, 0.25) is 0 Å². The molecule has 0 aliphatic heterocycles. The standard InChI is InChI=1S/C10H16N2O2/c1-10(6-13,7-14)12-9-5-3-2-4-8(9)11/h2-5,12-14H,6-7,11H2,1H3. The van der Waals surface area contributed by atoms with Gasteiger partial charge in [-0.25, -0.2) is 0 Å². The van der Waals surface area contributed by atoms with Gasteiger partial charge in [0.15, 0.2) is 0 Å². The first-order chi connectivity index (χ1) is 6.61. The molecule has 0 unspecified atom stereocenters. The van der Waals surface area contributed by atoms with E-state index in [0.717, 1.165) is 5.69 Å². The van der Waals surface area contributed by atoms with E-state index in [9.17, 15) is 0 Å². The lowest BCUT2D eigenvalue weighted by Crippen LogP contribution is -2.42. The van der Waals surface area contributed by atoms with Crippen LogP contribution in [0.5, 0.6) is 0 Å². The molecule has 0 heterocycles. The number of nitrogen functional groups attached to an aromatic ring is 1. The van der Waals surface area contributed by atoms with Crippen LogP contribution in [-0.2, 0) is 0 Å². The van der Waals surface area contributed by atoms with Crippen LogP contribution in [0, 0.1) is 0 Å². The second kappa shape index (κ2) is 4.30. The minimum absolute atomic E-state index is 0.155. The highest BCUT2D eigenvalue weighted by Crippen LogP contribution is 2.21. The molecule has 4 nitrogen and oxygen atoms in total. The third kappa shape index (κ3) is 2.37. The molecule has 0 saturated carbocycles. The van der Waals surface area contributed by atoms with Crippen molar-refractivity contribution in [3.8, 4) is 0 Å². The Morgan fingerprint density at radius 2 is 1.86 bits per heavy atom. The van der Waals surface area contributed by atoms with Crippen molar-refractivity contribution in [3.05, 3.63) is 24.3 Å². The third-order valence-electron chi connectivity index (χ3n) is 2.10. The van der Waals surface area contributed by atoms with Gasteiger partial charge in [-0.3, -0.25) is 0 Å². The van der Waals surface area contributed by atoms with Gasteiger partial charge < -0.3 is 21.3 Å². The zero-order valence-electron chi connectivity index (χ0n) is 8.20. The van der Waals surface area contributed by atoms with E-state index >= 15 is 0 Å². The SMILES string of the molecule is CC(CO)(CO)Nc1ccccc1N. The molecular formula is C10H16N2O2. The third-order valence-corrected chi connectivity index (χ3v) is 2.10. The van der Waals surface area contributed by atoms with Gasteiger partial charge >= 0.3 is 0 Å². The van der Waals surface area contributed by atoms with E-state index in [4.69, 9.17) is 15.9 Å². The molecule has 0 radical (unpaired) electrons. The van der Waals surface area contributed by atoms with Crippen LogP contribution in [0.25, 0.3) is 0 Å². The van der Waals surface area contributed by atoms with Crippen LogP contribution in [0.1, 0.15) is 6.92 Å². The van der Waals surface area contributed by atoms with Crippen molar-refractivity contribution < 1.29 is 10.2 Å². The zero-order valence-corrected chi connectivity index (χ0v) is 8.20. The number of aliphatic hydroxyl groups is 2. The van der Waals surface area contributed by atoms with Gasteiger partial charge in [-0.1, -0.05) is 12.1 Å². The molecule has 78 valence electrons. The van der Waals surface area contributed by atoms with E-state index in [2.05, 4.69) is 5.32 Å². The highest BCUT2D eigenvalue weighted by atomic mass is 16.3. The second-order valence-electron chi connectivity index (χ2n) is 3.59. The van der Waals surface area contributed by atoms with Crippen molar-refractivity contribution in [1.29, 1.82) is 0 Å². The van der Waals surface area contributed by atoms with Crippen LogP contribution >= 0.6 is 0 Å². The molecule has 0 aliphatic carbocycles. The van der Waals surface area contributed by atoms with E-state index in [1.54, 1.807) is 19.1 Å². The summed E-state index contributed by atoms with van der Waals surface area (Å²) in [5, 5.41) is 21.1. The smallest absolute Gasteiger partial charge is 0.0807 e. The molecule has 5 N–H and O–H groups in total. The number of para-hydroxylation sites is 2. The van der Waals surface area contributed by atoms with Gasteiger partial charge in [-0.2, -0.15) is 0 Å². The Labute approximate surface area is 83.4 Å². The molecule has 1 aromatic rings. The number of nitrogens with two attached hydrogens (primary N) is 1. The number of benzene rings is 1. The van der Waals surface area contributed by atoms with Crippen LogP contribution in [0.3, 0.4) is 0 Å². The second-order valence-corrected chi connectivity index (χ2v) is 3.59. The summed E-state index contributed by atoms with van der Waals surface area (Å²) in [5.74, 6) is 0. The molecule has 0 aliphatic rings. The fourth-order valence-electron chi connectivity index (χ4n) is 1.07. The van der Waals surface area contributed by atoms with Crippen LogP contribution < -0.4 is 11.1 Å². The normalized spacial score (nSPS) is 11.4. The summed E-state index contributed by atoms with van der Waals surface area (Å²) in [6, 6.07) is 7.24. The number of rotatable bonds is 4. The van der Waals surface area contributed by atoms with Gasteiger partial charge in [0, 0.05) is 0 Å². The van der Waals surface area contributed by atoms with E-state index in [-0.39, 0.29) is 13.2 Å². The maximum absolute atomic E-state index is 9.07. The van der Waals surface area contributed by atoms with E-state index in [1.165, 1.54) is 0 Å². The molecule has 0 fully saturated rings. The zero-order chi connectivity index (χ0) is 10.6. The van der Waals surface area contributed by atoms with Crippen LogP contribution in [-0.4, -0.2) is 29.0 Å². The Morgan fingerprint density at radius 3 is 2.36 bits per heavy atom. The maximum atomic E-state index is 9.07. The van der Waals surface area contributed by atoms with Crippen molar-refractivity contribution >= 4 is 11.4 Å². The minimum atomic E-state index is -0.741. The number of hydrogen-bond acceptors (Lipinski definition) is 4. The van der Waals surface area contributed by atoms with Crippen molar-refractivity contribution in [2.24, 2.45) is 0 Å². The summed E-state index contributed by atoms with van der Waals surface area (Å²) >= 11 is 0. The highest BCUT2D eigenvalue weighted by molar-refractivity contribution is 5.66. The Balaban J connectivity index is 2.82. The van der Waals surface area contributed by atoms with Gasteiger partial charge in [0.1, 0.15) is 0 Å². The number of anilines is 2. The van der Waals surface area contributed by atoms with Crippen LogP contribution in [0.4, 0.5) is 11.4 Å². The first-order valence-electron chi connectivity index (χ1n) is 4.46. The molecule has 4 heteroatoms. The molecule has 0 saturated heterocycles. The molecular weight excluding hydrogens is 180 g/mol. The maximum Gasteiger partial charge on any atom is 0.0807 e. The van der Waals surface area contributed by atoms with Crippen molar-refractivity contribution in [2.75, 3.05) is 24.3 Å². The van der Waals surface area contributed by atoms with Gasteiger partial charge in [0.25, 0.3) is 0 Å². The lowest BCUT2D eigenvalue weighted by atomic mass is 10.0. The lowest BCUT2D eigenvalue weighted by Gasteiger charge is -2.28. The number of hydrogen-bond donors (Lipinski definition) is 4. The fourth-order valence-corrected chi connectivity index (χ4v) is 1.07. The summed E-state index contributed by atoms with van der Waals surface area (Å²) in [6.07, 6.45) is 0. The quantitative estimate of drug-likeness (QED) is 0.526. The largest absolute Gasteiger partial charge is 0.397 e. The predicted molar refractivity (Wildman–Crippen MR) is 57.1 cm³/mol. The number of nitrogens with one attached hydrogen (secondary N) is 1. The van der Waals surface area contributed by atoms with Crippen LogP contribution in [0.2, 0.25) is 0 Å². The van der Waals surface area contributed by atoms with E-state index in [0.29, 0.717) is 5.69 Å². The van der Waals surface area contributed by atoms with Gasteiger partial charge in [0.05, 0.1) is 30.1 Å². The van der Waals surface area contributed by atoms with Gasteiger partial charge in [-0.05, 0) is 19.1 Å². The molecule has 0 bridgehead atoms. The van der Waals surface area contributed by atoms with Crippen molar-refractivity contribution in [2.45, 2.75) is 12.5 Å². The Hall–Kier alpha value is -1.26. The molecule has 0 amide bonds. The summed E-state index contributed by atoms with van der Waals surface area (Å²) in [5.41, 5.74) is 6.29. The van der Waals surface area contributed by atoms with Crippen molar-refractivity contribution in [1.82, 2.24) is 0 Å². The molecule has 1 aromatic carbocycles. The first kappa shape index (κ1) is 10.8. The monoisotopic (exact) mass is 196 g/mol. The first-order valence-corrected chi connectivity index (χ1v) is 4.46. The molecule has 0 atom stereocenters. The minimum Gasteiger partial charge on any atom is -0.397 e. The summed E-state index contributed by atoms with van der Waals surface area (Å²) in [4.78, 5) is 0. The molecule has 1 rings (SSSR count). The molecule has 0 aromatic heterocycles. The fraction of sp³-hybridized carbons (Fsp3) is 0.400. The molecule has 14 heavy (non-hydrogen) atoms. The van der Waals surface area contributed by atoms with Crippen LogP contribution in [0.15, 0.2) is 24.3 Å². The Kier molecular flexibility index (Phi) is 3.33. The topological polar surface area (TPSA) is 78.5 Å².